The summed E-state index contributed by atoms with van der Waals surface area (Å²) in [4.78, 5) is 19.9. The van der Waals surface area contributed by atoms with Crippen LogP contribution in [0, 0.1) is 5.41 Å². The Kier molecular flexibility index (Phi) is 4.66. The summed E-state index contributed by atoms with van der Waals surface area (Å²) < 4.78 is 0. The third-order valence-corrected chi connectivity index (χ3v) is 4.53. The second-order valence-corrected chi connectivity index (χ2v) is 6.60. The van der Waals surface area contributed by atoms with Crippen LogP contribution in [0.3, 0.4) is 0 Å². The molecule has 0 saturated heterocycles. The van der Waals surface area contributed by atoms with Gasteiger partial charge in [-0.05, 0) is 54.3 Å². The first kappa shape index (κ1) is 18.2. The highest BCUT2D eigenvalue weighted by Crippen LogP contribution is 2.21. The molecule has 0 aliphatic heterocycles. The minimum Gasteiger partial charge on any atom is -0.369 e. The molecule has 144 valence electrons. The number of benzene rings is 2. The number of guanidine groups is 1. The first-order valence-corrected chi connectivity index (χ1v) is 8.92. The molecule has 8 heteroatoms. The molecule has 1 amide bonds. The van der Waals surface area contributed by atoms with Gasteiger partial charge in [0.05, 0.1) is 5.71 Å². The number of H-pyrrole nitrogens is 1. The number of hydrogen-bond donors (Lipinski definition) is 5. The molecule has 0 radical (unpaired) electrons. The second-order valence-electron chi connectivity index (χ2n) is 6.60. The number of aromatic amines is 1. The number of amides is 1. The number of nitrogens with one attached hydrogen (secondary N) is 4. The number of anilines is 1. The summed E-state index contributed by atoms with van der Waals surface area (Å²) in [5, 5.41) is 17.0. The van der Waals surface area contributed by atoms with Gasteiger partial charge in [0.2, 0.25) is 5.96 Å². The number of hydrazone groups is 1. The van der Waals surface area contributed by atoms with E-state index in [1.165, 1.54) is 0 Å². The van der Waals surface area contributed by atoms with Crippen molar-refractivity contribution in [1.29, 1.82) is 5.41 Å². The molecule has 6 N–H and O–H groups in total. The van der Waals surface area contributed by atoms with Crippen molar-refractivity contribution < 1.29 is 4.79 Å². The third kappa shape index (κ3) is 3.91. The fraction of sp³-hybridized carbons (Fsp3) is 0.0476. The van der Waals surface area contributed by atoms with Gasteiger partial charge in [-0.3, -0.25) is 15.2 Å². The minimum absolute atomic E-state index is 0.222. The Morgan fingerprint density at radius 3 is 2.79 bits per heavy atom. The lowest BCUT2D eigenvalue weighted by Crippen LogP contribution is -2.26. The van der Waals surface area contributed by atoms with E-state index in [1.807, 2.05) is 49.4 Å². The SMILES string of the molecule is C/C(=N\NC(=N)N)c1ccc2[nH]c(C(=O)Nc3ccc4cnccc4c3)cc2c1. The van der Waals surface area contributed by atoms with Crippen molar-refractivity contribution >= 4 is 44.9 Å². The Morgan fingerprint density at radius 2 is 1.97 bits per heavy atom. The number of nitrogens with zero attached hydrogens (tertiary/aromatic N) is 2. The van der Waals surface area contributed by atoms with Crippen LogP contribution in [0.2, 0.25) is 0 Å². The van der Waals surface area contributed by atoms with E-state index in [9.17, 15) is 4.79 Å². The Bertz CT molecular complexity index is 1270. The summed E-state index contributed by atoms with van der Waals surface area (Å²) in [6, 6.07) is 15.1. The molecular formula is C21H19N7O. The van der Waals surface area contributed by atoms with Gasteiger partial charge in [-0.1, -0.05) is 12.1 Å². The smallest absolute Gasteiger partial charge is 0.272 e. The molecule has 0 unspecified atom stereocenters. The standard InChI is InChI=1S/C21H19N7O/c1-12(27-28-21(22)23)13-3-5-18-16(8-13)10-19(26-18)20(29)25-17-4-2-15-11-24-7-6-14(15)9-17/h2-11,26H,1H3,(H,25,29)(H4,22,23,28)/b27-12+. The summed E-state index contributed by atoms with van der Waals surface area (Å²) >= 11 is 0. The van der Waals surface area contributed by atoms with Gasteiger partial charge in [-0.25, -0.2) is 5.43 Å². The molecule has 2 aromatic heterocycles. The lowest BCUT2D eigenvalue weighted by molar-refractivity contribution is 0.102. The van der Waals surface area contributed by atoms with Gasteiger partial charge in [-0.15, -0.1) is 0 Å². The highest BCUT2D eigenvalue weighted by molar-refractivity contribution is 6.08. The van der Waals surface area contributed by atoms with Crippen molar-refractivity contribution in [3.8, 4) is 0 Å². The summed E-state index contributed by atoms with van der Waals surface area (Å²) in [5.74, 6) is -0.448. The van der Waals surface area contributed by atoms with Crippen molar-refractivity contribution in [2.45, 2.75) is 6.92 Å². The maximum atomic E-state index is 12.7. The molecule has 0 bridgehead atoms. The Balaban J connectivity index is 1.57. The van der Waals surface area contributed by atoms with E-state index in [2.05, 4.69) is 25.8 Å². The summed E-state index contributed by atoms with van der Waals surface area (Å²) in [7, 11) is 0. The van der Waals surface area contributed by atoms with Crippen molar-refractivity contribution in [2.75, 3.05) is 5.32 Å². The number of aromatic nitrogens is 2. The van der Waals surface area contributed by atoms with Gasteiger partial charge in [0.15, 0.2) is 0 Å². The van der Waals surface area contributed by atoms with Crippen LogP contribution < -0.4 is 16.5 Å². The fourth-order valence-corrected chi connectivity index (χ4v) is 3.05. The fourth-order valence-electron chi connectivity index (χ4n) is 3.05. The molecule has 0 spiro atoms. The number of pyridine rings is 1. The van der Waals surface area contributed by atoms with E-state index in [-0.39, 0.29) is 11.9 Å². The number of nitrogens with two attached hydrogens (primary N) is 1. The zero-order valence-corrected chi connectivity index (χ0v) is 15.7. The van der Waals surface area contributed by atoms with Crippen LogP contribution in [0.15, 0.2) is 66.0 Å². The van der Waals surface area contributed by atoms with E-state index in [4.69, 9.17) is 11.1 Å². The highest BCUT2D eigenvalue weighted by atomic mass is 16.1. The van der Waals surface area contributed by atoms with E-state index >= 15 is 0 Å². The molecule has 0 atom stereocenters. The van der Waals surface area contributed by atoms with Crippen LogP contribution in [0.4, 0.5) is 5.69 Å². The number of hydrogen-bond acceptors (Lipinski definition) is 4. The second kappa shape index (κ2) is 7.43. The van der Waals surface area contributed by atoms with Gasteiger partial charge in [0.25, 0.3) is 5.91 Å². The normalized spacial score (nSPS) is 11.6. The van der Waals surface area contributed by atoms with Crippen molar-refractivity contribution in [1.82, 2.24) is 15.4 Å². The molecule has 4 aromatic rings. The molecule has 8 nitrogen and oxygen atoms in total. The minimum atomic E-state index is -0.226. The number of rotatable bonds is 4. The van der Waals surface area contributed by atoms with E-state index in [0.717, 1.165) is 27.2 Å². The number of carbonyl (C=O) groups excluding carboxylic acids is 1. The van der Waals surface area contributed by atoms with Crippen molar-refractivity contribution in [3.63, 3.8) is 0 Å². The maximum absolute atomic E-state index is 12.7. The van der Waals surface area contributed by atoms with Gasteiger partial charge in [-0.2, -0.15) is 5.10 Å². The van der Waals surface area contributed by atoms with Gasteiger partial charge < -0.3 is 16.0 Å². The quantitative estimate of drug-likeness (QED) is 0.210. The van der Waals surface area contributed by atoms with Crippen LogP contribution in [-0.2, 0) is 0 Å². The summed E-state index contributed by atoms with van der Waals surface area (Å²) in [5.41, 5.74) is 11.2. The van der Waals surface area contributed by atoms with Gasteiger partial charge >= 0.3 is 0 Å². The van der Waals surface area contributed by atoms with E-state index in [1.54, 1.807) is 18.5 Å². The molecule has 0 aliphatic rings. The average Bonchev–Trinajstić information content (AvgIpc) is 3.15. The molecule has 0 saturated carbocycles. The van der Waals surface area contributed by atoms with E-state index in [0.29, 0.717) is 17.1 Å². The third-order valence-electron chi connectivity index (χ3n) is 4.53. The highest BCUT2D eigenvalue weighted by Gasteiger charge is 2.11. The topological polar surface area (TPSA) is 132 Å². The Hall–Kier alpha value is -4.20. The van der Waals surface area contributed by atoms with Crippen LogP contribution in [-0.4, -0.2) is 27.5 Å². The lowest BCUT2D eigenvalue weighted by atomic mass is 10.1. The monoisotopic (exact) mass is 385 g/mol. The van der Waals surface area contributed by atoms with Crippen LogP contribution >= 0.6 is 0 Å². The Labute approximate surface area is 166 Å². The van der Waals surface area contributed by atoms with Gasteiger partial charge in [0, 0.05) is 34.4 Å². The first-order valence-electron chi connectivity index (χ1n) is 8.92. The zero-order valence-electron chi connectivity index (χ0n) is 15.7. The Morgan fingerprint density at radius 1 is 1.10 bits per heavy atom. The van der Waals surface area contributed by atoms with E-state index < -0.39 is 0 Å². The predicted molar refractivity (Wildman–Crippen MR) is 115 cm³/mol. The zero-order chi connectivity index (χ0) is 20.4. The lowest BCUT2D eigenvalue weighted by Gasteiger charge is -2.05. The summed E-state index contributed by atoms with van der Waals surface area (Å²) in [6.07, 6.45) is 3.51. The molecule has 0 fully saturated rings. The van der Waals surface area contributed by atoms with Crippen molar-refractivity contribution in [3.05, 3.63) is 72.2 Å². The first-order chi connectivity index (χ1) is 14.0. The number of fused-ring (bicyclic) bond motifs is 2. The molecule has 4 rings (SSSR count). The average molecular weight is 385 g/mol. The van der Waals surface area contributed by atoms with Crippen LogP contribution in [0.1, 0.15) is 23.0 Å². The molecule has 0 aliphatic carbocycles. The summed E-state index contributed by atoms with van der Waals surface area (Å²) in [6.45, 7) is 1.81. The molecular weight excluding hydrogens is 366 g/mol. The van der Waals surface area contributed by atoms with Crippen LogP contribution in [0.5, 0.6) is 0 Å². The molecule has 29 heavy (non-hydrogen) atoms. The van der Waals surface area contributed by atoms with Crippen LogP contribution in [0.25, 0.3) is 21.7 Å². The predicted octanol–water partition coefficient (Wildman–Crippen LogP) is 3.18. The number of carbonyl (C=O) groups is 1. The molecule has 2 aromatic carbocycles. The maximum Gasteiger partial charge on any atom is 0.272 e. The van der Waals surface area contributed by atoms with Crippen molar-refractivity contribution in [2.24, 2.45) is 10.8 Å². The largest absolute Gasteiger partial charge is 0.369 e. The molecule has 2 heterocycles. The van der Waals surface area contributed by atoms with Gasteiger partial charge in [0.1, 0.15) is 5.69 Å².